The summed E-state index contributed by atoms with van der Waals surface area (Å²) in [5, 5.41) is 3.01. The Kier molecular flexibility index (Phi) is 4.01. The SMILES string of the molecule is O=C(CN(Cc1ccc(F)cc1)C1CC1)NCC1CC1. The Morgan fingerprint density at radius 3 is 2.50 bits per heavy atom. The van der Waals surface area contributed by atoms with Crippen LogP contribution in [-0.4, -0.2) is 29.9 Å². The van der Waals surface area contributed by atoms with Gasteiger partial charge >= 0.3 is 0 Å². The maximum Gasteiger partial charge on any atom is 0.234 e. The first-order valence-corrected chi connectivity index (χ1v) is 7.46. The van der Waals surface area contributed by atoms with E-state index >= 15 is 0 Å². The van der Waals surface area contributed by atoms with E-state index in [9.17, 15) is 9.18 Å². The molecule has 0 spiro atoms. The summed E-state index contributed by atoms with van der Waals surface area (Å²) < 4.78 is 12.9. The van der Waals surface area contributed by atoms with Crippen LogP contribution in [0.15, 0.2) is 24.3 Å². The van der Waals surface area contributed by atoms with E-state index in [1.807, 2.05) is 0 Å². The zero-order valence-corrected chi connectivity index (χ0v) is 11.6. The minimum absolute atomic E-state index is 0.117. The highest BCUT2D eigenvalue weighted by molar-refractivity contribution is 5.78. The lowest BCUT2D eigenvalue weighted by molar-refractivity contribution is -0.122. The molecule has 0 saturated heterocycles. The van der Waals surface area contributed by atoms with Crippen LogP contribution < -0.4 is 5.32 Å². The lowest BCUT2D eigenvalue weighted by atomic mass is 10.2. The molecule has 0 radical (unpaired) electrons. The van der Waals surface area contributed by atoms with E-state index < -0.39 is 0 Å². The van der Waals surface area contributed by atoms with Crippen molar-refractivity contribution in [3.05, 3.63) is 35.6 Å². The molecule has 3 rings (SSSR count). The quantitative estimate of drug-likeness (QED) is 0.829. The van der Waals surface area contributed by atoms with Crippen LogP contribution in [0, 0.1) is 11.7 Å². The molecule has 4 heteroatoms. The first-order valence-electron chi connectivity index (χ1n) is 7.46. The molecule has 0 unspecified atom stereocenters. The first kappa shape index (κ1) is 13.6. The average Bonchev–Trinajstić information content (AvgIpc) is 3.30. The minimum Gasteiger partial charge on any atom is -0.355 e. The van der Waals surface area contributed by atoms with Gasteiger partial charge in [-0.3, -0.25) is 9.69 Å². The van der Waals surface area contributed by atoms with Crippen LogP contribution in [-0.2, 0) is 11.3 Å². The van der Waals surface area contributed by atoms with Gasteiger partial charge in [-0.1, -0.05) is 12.1 Å². The summed E-state index contributed by atoms with van der Waals surface area (Å²) in [6.45, 7) is 2.00. The third-order valence-corrected chi connectivity index (χ3v) is 3.99. The zero-order chi connectivity index (χ0) is 13.9. The number of carbonyl (C=O) groups excluding carboxylic acids is 1. The second-order valence-electron chi connectivity index (χ2n) is 6.01. The molecule has 20 heavy (non-hydrogen) atoms. The molecule has 1 N–H and O–H groups in total. The summed E-state index contributed by atoms with van der Waals surface area (Å²) in [5.74, 6) is 0.616. The second-order valence-corrected chi connectivity index (χ2v) is 6.01. The van der Waals surface area contributed by atoms with Crippen molar-refractivity contribution in [3.8, 4) is 0 Å². The number of amides is 1. The van der Waals surface area contributed by atoms with E-state index in [1.54, 1.807) is 12.1 Å². The average molecular weight is 276 g/mol. The van der Waals surface area contributed by atoms with Gasteiger partial charge in [0.1, 0.15) is 5.82 Å². The van der Waals surface area contributed by atoms with E-state index in [1.165, 1.54) is 25.0 Å². The number of carbonyl (C=O) groups is 1. The number of hydrogen-bond acceptors (Lipinski definition) is 2. The summed E-state index contributed by atoms with van der Waals surface area (Å²) in [6, 6.07) is 7.08. The predicted octanol–water partition coefficient (Wildman–Crippen LogP) is 2.32. The third kappa shape index (κ3) is 4.04. The molecule has 0 aromatic heterocycles. The zero-order valence-electron chi connectivity index (χ0n) is 11.6. The molecule has 3 nitrogen and oxygen atoms in total. The number of benzene rings is 1. The van der Waals surface area contributed by atoms with Gasteiger partial charge in [0, 0.05) is 19.1 Å². The third-order valence-electron chi connectivity index (χ3n) is 3.99. The van der Waals surface area contributed by atoms with Gasteiger partial charge in [0.25, 0.3) is 0 Å². The summed E-state index contributed by atoms with van der Waals surface area (Å²) in [7, 11) is 0. The highest BCUT2D eigenvalue weighted by Gasteiger charge is 2.30. The van der Waals surface area contributed by atoms with E-state index in [0.717, 1.165) is 31.5 Å². The smallest absolute Gasteiger partial charge is 0.234 e. The maximum atomic E-state index is 12.9. The second kappa shape index (κ2) is 5.92. The molecular formula is C16H21FN2O. The molecule has 0 heterocycles. The highest BCUT2D eigenvalue weighted by Crippen LogP contribution is 2.29. The van der Waals surface area contributed by atoms with Gasteiger partial charge in [0.15, 0.2) is 0 Å². The molecule has 1 aromatic carbocycles. The molecule has 2 aliphatic rings. The fourth-order valence-electron chi connectivity index (χ4n) is 2.40. The number of nitrogens with one attached hydrogen (secondary N) is 1. The molecular weight excluding hydrogens is 255 g/mol. The van der Waals surface area contributed by atoms with Crippen molar-refractivity contribution in [1.29, 1.82) is 0 Å². The number of rotatable bonds is 7. The van der Waals surface area contributed by atoms with Crippen LogP contribution in [0.2, 0.25) is 0 Å². The summed E-state index contributed by atoms with van der Waals surface area (Å²) in [4.78, 5) is 14.2. The van der Waals surface area contributed by atoms with Gasteiger partial charge in [0.2, 0.25) is 5.91 Å². The van der Waals surface area contributed by atoms with Gasteiger partial charge in [-0.2, -0.15) is 0 Å². The van der Waals surface area contributed by atoms with Crippen molar-refractivity contribution < 1.29 is 9.18 Å². The number of halogens is 1. The van der Waals surface area contributed by atoms with Crippen LogP contribution in [0.4, 0.5) is 4.39 Å². The molecule has 2 aliphatic carbocycles. The molecule has 0 aliphatic heterocycles. The van der Waals surface area contributed by atoms with Crippen molar-refractivity contribution in [2.24, 2.45) is 5.92 Å². The topological polar surface area (TPSA) is 32.3 Å². The van der Waals surface area contributed by atoms with Crippen LogP contribution in [0.25, 0.3) is 0 Å². The van der Waals surface area contributed by atoms with E-state index in [2.05, 4.69) is 10.2 Å². The van der Waals surface area contributed by atoms with Gasteiger partial charge in [-0.15, -0.1) is 0 Å². The van der Waals surface area contributed by atoms with Crippen LogP contribution in [0.3, 0.4) is 0 Å². The molecule has 0 atom stereocenters. The predicted molar refractivity (Wildman–Crippen MR) is 75.6 cm³/mol. The Hall–Kier alpha value is -1.42. The molecule has 1 amide bonds. The van der Waals surface area contributed by atoms with E-state index in [-0.39, 0.29) is 11.7 Å². The summed E-state index contributed by atoms with van der Waals surface area (Å²) >= 11 is 0. The molecule has 2 fully saturated rings. The minimum atomic E-state index is -0.214. The standard InChI is InChI=1S/C16H21FN2O/c17-14-5-3-13(4-6-14)10-19(15-7-8-15)11-16(20)18-9-12-1-2-12/h3-6,12,15H,1-2,7-11H2,(H,18,20). The Bertz CT molecular complexity index is 466. The summed E-state index contributed by atoms with van der Waals surface area (Å²) in [5.41, 5.74) is 1.06. The Morgan fingerprint density at radius 1 is 1.20 bits per heavy atom. The first-order chi connectivity index (χ1) is 9.70. The monoisotopic (exact) mass is 276 g/mol. The maximum absolute atomic E-state index is 12.9. The van der Waals surface area contributed by atoms with Crippen molar-refractivity contribution >= 4 is 5.91 Å². The largest absolute Gasteiger partial charge is 0.355 e. The normalized spacial score (nSPS) is 18.3. The fourth-order valence-corrected chi connectivity index (χ4v) is 2.40. The Morgan fingerprint density at radius 2 is 1.90 bits per heavy atom. The van der Waals surface area contributed by atoms with Gasteiger partial charge in [0.05, 0.1) is 6.54 Å². The molecule has 108 valence electrons. The number of hydrogen-bond donors (Lipinski definition) is 1. The Labute approximate surface area is 119 Å². The lowest BCUT2D eigenvalue weighted by Crippen LogP contribution is -2.38. The van der Waals surface area contributed by atoms with Gasteiger partial charge in [-0.05, 0) is 49.3 Å². The van der Waals surface area contributed by atoms with E-state index in [0.29, 0.717) is 18.5 Å². The highest BCUT2D eigenvalue weighted by atomic mass is 19.1. The molecule has 2 saturated carbocycles. The van der Waals surface area contributed by atoms with Crippen molar-refractivity contribution in [2.75, 3.05) is 13.1 Å². The number of nitrogens with zero attached hydrogens (tertiary/aromatic N) is 1. The van der Waals surface area contributed by atoms with Crippen LogP contribution in [0.5, 0.6) is 0 Å². The van der Waals surface area contributed by atoms with E-state index in [4.69, 9.17) is 0 Å². The lowest BCUT2D eigenvalue weighted by Gasteiger charge is -2.21. The Balaban J connectivity index is 1.52. The van der Waals surface area contributed by atoms with Crippen molar-refractivity contribution in [2.45, 2.75) is 38.3 Å². The van der Waals surface area contributed by atoms with Crippen LogP contribution >= 0.6 is 0 Å². The molecule has 0 bridgehead atoms. The van der Waals surface area contributed by atoms with Gasteiger partial charge in [-0.25, -0.2) is 4.39 Å². The van der Waals surface area contributed by atoms with Crippen LogP contribution in [0.1, 0.15) is 31.2 Å². The summed E-state index contributed by atoms with van der Waals surface area (Å²) in [6.07, 6.45) is 4.83. The van der Waals surface area contributed by atoms with Gasteiger partial charge < -0.3 is 5.32 Å². The fraction of sp³-hybridized carbons (Fsp3) is 0.562. The van der Waals surface area contributed by atoms with Crippen molar-refractivity contribution in [1.82, 2.24) is 10.2 Å². The molecule has 1 aromatic rings. The van der Waals surface area contributed by atoms with Crippen molar-refractivity contribution in [3.63, 3.8) is 0 Å².